The van der Waals surface area contributed by atoms with Crippen molar-refractivity contribution in [2.75, 3.05) is 6.54 Å². The molecule has 1 rings (SSSR count). The number of carbonyl (C=O) groups is 1. The van der Waals surface area contributed by atoms with Crippen molar-refractivity contribution in [1.29, 1.82) is 0 Å². The van der Waals surface area contributed by atoms with Crippen LogP contribution in [-0.2, 0) is 6.54 Å². The molecule has 82 valence electrons. The van der Waals surface area contributed by atoms with Crippen LogP contribution in [0.2, 0.25) is 0 Å². The molecule has 4 nitrogen and oxygen atoms in total. The van der Waals surface area contributed by atoms with Gasteiger partial charge in [0.15, 0.2) is 0 Å². The molecule has 0 saturated heterocycles. The van der Waals surface area contributed by atoms with Gasteiger partial charge in [0, 0.05) is 13.1 Å². The lowest BCUT2D eigenvalue weighted by Crippen LogP contribution is -2.35. The zero-order valence-electron chi connectivity index (χ0n) is 8.79. The summed E-state index contributed by atoms with van der Waals surface area (Å²) in [5.41, 5.74) is 0.958. The molecule has 15 heavy (non-hydrogen) atoms. The maximum absolute atomic E-state index is 11.2. The molecule has 0 heterocycles. The Kier molecular flexibility index (Phi) is 4.47. The normalized spacial score (nSPS) is 9.67. The van der Waals surface area contributed by atoms with Gasteiger partial charge in [0.2, 0.25) is 0 Å². The SMILES string of the molecule is CCCNC(=O)NCc1ccc(O)cc1. The number of hydrogen-bond donors (Lipinski definition) is 3. The molecule has 2 amide bonds. The summed E-state index contributed by atoms with van der Waals surface area (Å²) >= 11 is 0. The van der Waals surface area contributed by atoms with E-state index >= 15 is 0 Å². The van der Waals surface area contributed by atoms with E-state index in [1.165, 1.54) is 0 Å². The standard InChI is InChI=1S/C11H16N2O2/c1-2-7-12-11(15)13-8-9-3-5-10(14)6-4-9/h3-6,14H,2,7-8H2,1H3,(H2,12,13,15). The Morgan fingerprint density at radius 1 is 1.27 bits per heavy atom. The predicted molar refractivity (Wildman–Crippen MR) is 58.6 cm³/mol. The number of amides is 2. The van der Waals surface area contributed by atoms with Crippen LogP contribution in [0.1, 0.15) is 18.9 Å². The quantitative estimate of drug-likeness (QED) is 0.703. The van der Waals surface area contributed by atoms with Crippen molar-refractivity contribution in [3.05, 3.63) is 29.8 Å². The molecule has 0 saturated carbocycles. The van der Waals surface area contributed by atoms with Gasteiger partial charge in [-0.3, -0.25) is 0 Å². The fraction of sp³-hybridized carbons (Fsp3) is 0.364. The van der Waals surface area contributed by atoms with Crippen molar-refractivity contribution in [3.8, 4) is 5.75 Å². The largest absolute Gasteiger partial charge is 0.508 e. The van der Waals surface area contributed by atoms with Crippen LogP contribution >= 0.6 is 0 Å². The zero-order chi connectivity index (χ0) is 11.1. The number of benzene rings is 1. The highest BCUT2D eigenvalue weighted by atomic mass is 16.3. The van der Waals surface area contributed by atoms with Gasteiger partial charge in [-0.2, -0.15) is 0 Å². The number of phenolic OH excluding ortho intramolecular Hbond substituents is 1. The summed E-state index contributed by atoms with van der Waals surface area (Å²) < 4.78 is 0. The lowest BCUT2D eigenvalue weighted by molar-refractivity contribution is 0.240. The Balaban J connectivity index is 2.30. The molecule has 0 fully saturated rings. The highest BCUT2D eigenvalue weighted by Crippen LogP contribution is 2.08. The summed E-state index contributed by atoms with van der Waals surface area (Å²) in [6, 6.07) is 6.58. The summed E-state index contributed by atoms with van der Waals surface area (Å²) in [4.78, 5) is 11.2. The van der Waals surface area contributed by atoms with Crippen molar-refractivity contribution in [2.24, 2.45) is 0 Å². The average molecular weight is 208 g/mol. The minimum atomic E-state index is -0.162. The van der Waals surface area contributed by atoms with Crippen LogP contribution < -0.4 is 10.6 Å². The molecule has 0 unspecified atom stereocenters. The molecule has 0 aliphatic rings. The van der Waals surface area contributed by atoms with E-state index in [-0.39, 0.29) is 11.8 Å². The Bertz CT molecular complexity index is 309. The van der Waals surface area contributed by atoms with Gasteiger partial charge in [0.1, 0.15) is 5.75 Å². The first-order valence-electron chi connectivity index (χ1n) is 5.02. The van der Waals surface area contributed by atoms with Crippen molar-refractivity contribution >= 4 is 6.03 Å². The lowest BCUT2D eigenvalue weighted by Gasteiger charge is -2.06. The highest BCUT2D eigenvalue weighted by Gasteiger charge is 1.98. The molecule has 0 spiro atoms. The van der Waals surface area contributed by atoms with Gasteiger partial charge in [-0.05, 0) is 24.1 Å². The predicted octanol–water partition coefficient (Wildman–Crippen LogP) is 1.60. The van der Waals surface area contributed by atoms with Crippen LogP contribution in [0, 0.1) is 0 Å². The Morgan fingerprint density at radius 2 is 1.93 bits per heavy atom. The van der Waals surface area contributed by atoms with Gasteiger partial charge in [-0.25, -0.2) is 4.79 Å². The lowest BCUT2D eigenvalue weighted by atomic mass is 10.2. The van der Waals surface area contributed by atoms with Crippen LogP contribution in [0.25, 0.3) is 0 Å². The summed E-state index contributed by atoms with van der Waals surface area (Å²) in [7, 11) is 0. The first-order valence-corrected chi connectivity index (χ1v) is 5.02. The zero-order valence-corrected chi connectivity index (χ0v) is 8.79. The van der Waals surface area contributed by atoms with E-state index in [1.807, 2.05) is 6.92 Å². The fourth-order valence-corrected chi connectivity index (χ4v) is 1.10. The molecule has 1 aromatic carbocycles. The Morgan fingerprint density at radius 3 is 2.53 bits per heavy atom. The van der Waals surface area contributed by atoms with E-state index in [2.05, 4.69) is 10.6 Å². The van der Waals surface area contributed by atoms with E-state index in [1.54, 1.807) is 24.3 Å². The first-order chi connectivity index (χ1) is 7.22. The minimum Gasteiger partial charge on any atom is -0.508 e. The number of rotatable bonds is 4. The number of urea groups is 1. The summed E-state index contributed by atoms with van der Waals surface area (Å²) in [6.45, 7) is 3.15. The molecule has 4 heteroatoms. The number of aromatic hydroxyl groups is 1. The van der Waals surface area contributed by atoms with Crippen molar-refractivity contribution in [2.45, 2.75) is 19.9 Å². The topological polar surface area (TPSA) is 61.4 Å². The Labute approximate surface area is 89.3 Å². The molecule has 0 bridgehead atoms. The van der Waals surface area contributed by atoms with Gasteiger partial charge in [0.25, 0.3) is 0 Å². The smallest absolute Gasteiger partial charge is 0.315 e. The van der Waals surface area contributed by atoms with Crippen molar-refractivity contribution in [1.82, 2.24) is 10.6 Å². The van der Waals surface area contributed by atoms with E-state index in [9.17, 15) is 4.79 Å². The number of hydrogen-bond acceptors (Lipinski definition) is 2. The van der Waals surface area contributed by atoms with Crippen molar-refractivity contribution < 1.29 is 9.90 Å². The monoisotopic (exact) mass is 208 g/mol. The summed E-state index contributed by atoms with van der Waals surface area (Å²) in [5, 5.41) is 14.5. The molecule has 0 atom stereocenters. The molecular formula is C11H16N2O2. The number of carbonyl (C=O) groups excluding carboxylic acids is 1. The maximum atomic E-state index is 11.2. The average Bonchev–Trinajstić information content (AvgIpc) is 2.25. The van der Waals surface area contributed by atoms with Crippen LogP contribution in [0.4, 0.5) is 4.79 Å². The van der Waals surface area contributed by atoms with Gasteiger partial charge < -0.3 is 15.7 Å². The van der Waals surface area contributed by atoms with Gasteiger partial charge >= 0.3 is 6.03 Å². The summed E-state index contributed by atoms with van der Waals surface area (Å²) in [5.74, 6) is 0.231. The third-order valence-electron chi connectivity index (χ3n) is 1.92. The molecule has 0 aliphatic heterocycles. The van der Waals surface area contributed by atoms with Gasteiger partial charge in [0.05, 0.1) is 0 Å². The molecule has 3 N–H and O–H groups in total. The fourth-order valence-electron chi connectivity index (χ4n) is 1.10. The first kappa shape index (κ1) is 11.4. The molecular weight excluding hydrogens is 192 g/mol. The molecule has 1 aromatic rings. The second-order valence-electron chi connectivity index (χ2n) is 3.28. The number of nitrogens with one attached hydrogen (secondary N) is 2. The van der Waals surface area contributed by atoms with Crippen LogP contribution in [-0.4, -0.2) is 17.7 Å². The van der Waals surface area contributed by atoms with E-state index in [0.717, 1.165) is 12.0 Å². The second kappa shape index (κ2) is 5.90. The van der Waals surface area contributed by atoms with Gasteiger partial charge in [-0.15, -0.1) is 0 Å². The van der Waals surface area contributed by atoms with Crippen LogP contribution in [0.15, 0.2) is 24.3 Å². The highest BCUT2D eigenvalue weighted by molar-refractivity contribution is 5.73. The molecule has 0 aromatic heterocycles. The third kappa shape index (κ3) is 4.35. The maximum Gasteiger partial charge on any atom is 0.315 e. The van der Waals surface area contributed by atoms with Crippen molar-refractivity contribution in [3.63, 3.8) is 0 Å². The molecule has 0 radical (unpaired) electrons. The minimum absolute atomic E-state index is 0.162. The Hall–Kier alpha value is -1.71. The molecule has 0 aliphatic carbocycles. The number of phenols is 1. The van der Waals surface area contributed by atoms with E-state index in [0.29, 0.717) is 13.1 Å². The van der Waals surface area contributed by atoms with Crippen LogP contribution in [0.5, 0.6) is 5.75 Å². The van der Waals surface area contributed by atoms with Gasteiger partial charge in [-0.1, -0.05) is 19.1 Å². The second-order valence-corrected chi connectivity index (χ2v) is 3.28. The van der Waals surface area contributed by atoms with E-state index in [4.69, 9.17) is 5.11 Å². The summed E-state index contributed by atoms with van der Waals surface area (Å²) in [6.07, 6.45) is 0.923. The third-order valence-corrected chi connectivity index (χ3v) is 1.92. The van der Waals surface area contributed by atoms with Crippen LogP contribution in [0.3, 0.4) is 0 Å². The van der Waals surface area contributed by atoms with E-state index < -0.39 is 0 Å².